The molecular formula is C10H11N5O9S. The minimum Gasteiger partial charge on any atom is -0.712 e. The van der Waals surface area contributed by atoms with Crippen LogP contribution in [0.3, 0.4) is 0 Å². The number of amides is 3. The minimum atomic E-state index is -5.49. The third-order valence-electron chi connectivity index (χ3n) is 3.66. The van der Waals surface area contributed by atoms with Gasteiger partial charge in [-0.3, -0.25) is 4.79 Å². The number of rotatable bonds is 3. The van der Waals surface area contributed by atoms with Crippen molar-refractivity contribution in [2.45, 2.75) is 24.5 Å². The summed E-state index contributed by atoms with van der Waals surface area (Å²) < 4.78 is 38.9. The maximum absolute atomic E-state index is 12.4. The zero-order valence-electron chi connectivity index (χ0n) is 12.1. The van der Waals surface area contributed by atoms with Crippen LogP contribution in [0.2, 0.25) is 0 Å². The van der Waals surface area contributed by atoms with Crippen LogP contribution in [0, 0.1) is 0 Å². The molecule has 1 fully saturated rings. The van der Waals surface area contributed by atoms with Gasteiger partial charge in [-0.15, -0.1) is 4.90 Å². The minimum absolute atomic E-state index is 0.383. The predicted molar refractivity (Wildman–Crippen MR) is 74.0 cm³/mol. The number of aliphatic imine (C=N–C) groups is 2. The van der Waals surface area contributed by atoms with Crippen LogP contribution in [0.25, 0.3) is 0 Å². The zero-order chi connectivity index (χ0) is 18.7. The molecule has 4 atom stereocenters. The first-order valence-electron chi connectivity index (χ1n) is 6.64. The highest BCUT2D eigenvalue weighted by Crippen LogP contribution is 2.28. The third-order valence-corrected chi connectivity index (χ3v) is 4.44. The van der Waals surface area contributed by atoms with Gasteiger partial charge in [-0.05, 0) is 0 Å². The molecule has 1 saturated heterocycles. The Labute approximate surface area is 139 Å². The number of urea groups is 1. The molecule has 0 spiro atoms. The van der Waals surface area contributed by atoms with E-state index in [1.54, 1.807) is 0 Å². The molecule has 25 heavy (non-hydrogen) atoms. The van der Waals surface area contributed by atoms with E-state index in [2.05, 4.69) is 9.98 Å². The van der Waals surface area contributed by atoms with Gasteiger partial charge in [0.1, 0.15) is 18.3 Å². The van der Waals surface area contributed by atoms with Gasteiger partial charge in [0, 0.05) is 0 Å². The van der Waals surface area contributed by atoms with E-state index in [1.165, 1.54) is 0 Å². The van der Waals surface area contributed by atoms with E-state index in [1.807, 2.05) is 0 Å². The Morgan fingerprint density at radius 2 is 1.92 bits per heavy atom. The second-order valence-electron chi connectivity index (χ2n) is 5.16. The van der Waals surface area contributed by atoms with Crippen molar-refractivity contribution in [1.82, 2.24) is 4.90 Å². The van der Waals surface area contributed by atoms with Gasteiger partial charge in [-0.1, -0.05) is 3.98 Å². The number of fused-ring (bicyclic) bond motifs is 1. The van der Waals surface area contributed by atoms with Crippen molar-refractivity contribution in [3.05, 3.63) is 0 Å². The lowest BCUT2D eigenvalue weighted by Crippen LogP contribution is -2.50. The van der Waals surface area contributed by atoms with Gasteiger partial charge in [-0.25, -0.2) is 0 Å². The highest BCUT2D eigenvalue weighted by Gasteiger charge is 2.61. The lowest BCUT2D eigenvalue weighted by molar-refractivity contribution is -0.274. The summed E-state index contributed by atoms with van der Waals surface area (Å²) in [4.78, 5) is 31.4. The van der Waals surface area contributed by atoms with Crippen LogP contribution in [0.15, 0.2) is 9.98 Å². The van der Waals surface area contributed by atoms with Crippen molar-refractivity contribution >= 4 is 39.7 Å². The molecule has 15 heteroatoms. The number of amidine groups is 1. The lowest BCUT2D eigenvalue weighted by Gasteiger charge is -2.19. The van der Waals surface area contributed by atoms with Crippen LogP contribution < -0.4 is 5.73 Å². The van der Waals surface area contributed by atoms with Crippen molar-refractivity contribution in [1.29, 1.82) is 0 Å². The smallest absolute Gasteiger partial charge is 0.517 e. The predicted octanol–water partition coefficient (Wildman–Crippen LogP) is -4.97. The van der Waals surface area contributed by atoms with E-state index in [9.17, 15) is 32.8 Å². The summed E-state index contributed by atoms with van der Waals surface area (Å²) in [6.07, 6.45) is -6.47. The first kappa shape index (κ1) is 17.5. The first-order valence-corrected chi connectivity index (χ1v) is 8.00. The molecule has 136 valence electrons. The number of nitrogens with two attached hydrogens (primary N) is 1. The Bertz CT molecular complexity index is 862. The molecule has 0 aromatic carbocycles. The summed E-state index contributed by atoms with van der Waals surface area (Å²) in [5.74, 6) is -2.63. The number of ether oxygens (including phenoxy) is 1. The van der Waals surface area contributed by atoms with Crippen molar-refractivity contribution in [2.75, 3.05) is 6.61 Å². The standard InChI is InChI=1S/C10H11N5O9S/c11-9-12-6-3(7(19)13-9)15(25(21,22)23)10(20)14(6)8-5(18)4(17)2(1-16)24-8/h2,4-5,8,16-18H,1H2,(H2-,11,13,19,21,22,23)/t2-,4-,5-,8-/m1/s1. The maximum atomic E-state index is 12.4. The molecule has 0 aromatic rings. The second kappa shape index (κ2) is 5.61. The summed E-state index contributed by atoms with van der Waals surface area (Å²) in [7, 11) is -5.49. The quantitative estimate of drug-likeness (QED) is 0.271. The Morgan fingerprint density at radius 1 is 1.28 bits per heavy atom. The molecule has 0 aromatic heterocycles. The van der Waals surface area contributed by atoms with E-state index < -0.39 is 74.9 Å². The molecule has 0 radical (unpaired) electrons. The normalized spacial score (nSPS) is 32.9. The molecule has 3 aliphatic heterocycles. The maximum Gasteiger partial charge on any atom is 0.517 e. The molecule has 3 amide bonds. The van der Waals surface area contributed by atoms with Gasteiger partial charge in [0.25, 0.3) is 21.9 Å². The zero-order valence-corrected chi connectivity index (χ0v) is 12.9. The van der Waals surface area contributed by atoms with E-state index >= 15 is 0 Å². The molecule has 3 heterocycles. The van der Waals surface area contributed by atoms with Gasteiger partial charge >= 0.3 is 11.9 Å². The fourth-order valence-corrected chi connectivity index (χ4v) is 3.26. The summed E-state index contributed by atoms with van der Waals surface area (Å²) in [6, 6.07) is -1.57. The van der Waals surface area contributed by atoms with Crippen LogP contribution in [-0.4, -0.2) is 97.8 Å². The highest BCUT2D eigenvalue weighted by molar-refractivity contribution is 7.80. The van der Waals surface area contributed by atoms with Crippen molar-refractivity contribution in [3.63, 3.8) is 0 Å². The van der Waals surface area contributed by atoms with Crippen LogP contribution in [0.1, 0.15) is 0 Å². The van der Waals surface area contributed by atoms with E-state index in [-0.39, 0.29) is 0 Å². The van der Waals surface area contributed by atoms with Gasteiger partial charge in [0.05, 0.1) is 6.61 Å². The van der Waals surface area contributed by atoms with Crippen LogP contribution in [0.4, 0.5) is 4.79 Å². The first-order chi connectivity index (χ1) is 11.6. The second-order valence-corrected chi connectivity index (χ2v) is 6.38. The number of carbonyl (C=O) groups is 2. The topological polar surface area (TPSA) is 218 Å². The molecule has 3 aliphatic rings. The van der Waals surface area contributed by atoms with Crippen LogP contribution in [0.5, 0.6) is 0 Å². The number of hydrogen-bond acceptors (Lipinski definition) is 11. The van der Waals surface area contributed by atoms with Crippen molar-refractivity contribution in [2.24, 2.45) is 15.7 Å². The fourth-order valence-electron chi connectivity index (χ4n) is 2.60. The van der Waals surface area contributed by atoms with E-state index in [4.69, 9.17) is 15.6 Å². The lowest BCUT2D eigenvalue weighted by atomic mass is 10.1. The van der Waals surface area contributed by atoms with Crippen molar-refractivity contribution in [3.8, 4) is 0 Å². The SMILES string of the molecule is NC1=NC(=O)C2=[N+](S(=O)(=O)[O-])C(=O)N([C@@H]3O[C@H](CO)[C@@H](O)[C@H]3O)C2=N1. The molecule has 0 aliphatic carbocycles. The average Bonchev–Trinajstić information content (AvgIpc) is 2.94. The summed E-state index contributed by atoms with van der Waals surface area (Å²) in [5, 5.41) is 28.9. The average molecular weight is 377 g/mol. The number of hydrogen-bond donors (Lipinski definition) is 4. The molecule has 0 bridgehead atoms. The highest BCUT2D eigenvalue weighted by atomic mass is 32.2. The molecule has 0 unspecified atom stereocenters. The van der Waals surface area contributed by atoms with Gasteiger partial charge in [0.2, 0.25) is 12.2 Å². The largest absolute Gasteiger partial charge is 0.712 e. The summed E-state index contributed by atoms with van der Waals surface area (Å²) in [5.41, 5.74) is 4.33. The number of nitrogens with zero attached hydrogens (tertiary/aromatic N) is 4. The van der Waals surface area contributed by atoms with E-state index in [0.29, 0.717) is 4.90 Å². The number of aliphatic hydroxyl groups excluding tert-OH is 3. The van der Waals surface area contributed by atoms with Crippen LogP contribution in [-0.2, 0) is 19.8 Å². The van der Waals surface area contributed by atoms with Gasteiger partial charge < -0.3 is 30.3 Å². The summed E-state index contributed by atoms with van der Waals surface area (Å²) in [6.45, 7) is -0.730. The van der Waals surface area contributed by atoms with Crippen LogP contribution >= 0.6 is 0 Å². The molecule has 14 nitrogen and oxygen atoms in total. The Morgan fingerprint density at radius 3 is 2.44 bits per heavy atom. The molecule has 3 rings (SSSR count). The Hall–Kier alpha value is -2.30. The third kappa shape index (κ3) is 2.53. The summed E-state index contributed by atoms with van der Waals surface area (Å²) >= 11 is 0. The Balaban J connectivity index is 2.14. The van der Waals surface area contributed by atoms with Gasteiger partial charge in [-0.2, -0.15) is 23.2 Å². The fraction of sp³-hybridized carbons (Fsp3) is 0.500. The Kier molecular flexibility index (Phi) is 3.93. The van der Waals surface area contributed by atoms with E-state index in [0.717, 1.165) is 0 Å². The number of aliphatic hydroxyl groups is 3. The van der Waals surface area contributed by atoms with Gasteiger partial charge in [0.15, 0.2) is 0 Å². The molecule has 5 N–H and O–H groups in total. The monoisotopic (exact) mass is 377 g/mol. The number of guanidine groups is 1. The van der Waals surface area contributed by atoms with Crippen molar-refractivity contribution < 1.29 is 46.6 Å². The molecular weight excluding hydrogens is 366 g/mol. The number of carbonyl (C=O) groups excluding carboxylic acids is 2. The molecule has 0 saturated carbocycles.